The molecule has 0 amide bonds. The van der Waals surface area contributed by atoms with E-state index in [1.807, 2.05) is 12.1 Å². The second-order valence-electron chi connectivity index (χ2n) is 15.6. The van der Waals surface area contributed by atoms with Crippen LogP contribution in [0.1, 0.15) is 55.2 Å². The quantitative estimate of drug-likeness (QED) is 0.280. The first-order valence-electron chi connectivity index (χ1n) is 18.8. The Labute approximate surface area is 296 Å². The van der Waals surface area contributed by atoms with Crippen LogP contribution in [0.25, 0.3) is 0 Å². The molecular weight excluding hydrogens is 636 g/mol. The lowest BCUT2D eigenvalue weighted by Gasteiger charge is -2.53. The van der Waals surface area contributed by atoms with Crippen molar-refractivity contribution in [3.8, 4) is 6.07 Å². The minimum Gasteiger partial charge on any atom is -0.469 e. The number of rotatable bonds is 12. The second kappa shape index (κ2) is 15.6. The van der Waals surface area contributed by atoms with Crippen molar-refractivity contribution in [2.75, 3.05) is 90.7 Å². The summed E-state index contributed by atoms with van der Waals surface area (Å²) in [7, 11) is 1.48. The fraction of sp³-hybridized carbons (Fsp3) is 0.650. The molecule has 0 radical (unpaired) electrons. The van der Waals surface area contributed by atoms with Crippen molar-refractivity contribution in [2.24, 2.45) is 23.7 Å². The van der Waals surface area contributed by atoms with Gasteiger partial charge in [-0.2, -0.15) is 5.26 Å². The van der Waals surface area contributed by atoms with Crippen LogP contribution in [0.4, 0.5) is 14.5 Å². The molecule has 7 rings (SSSR count). The summed E-state index contributed by atoms with van der Waals surface area (Å²) in [5.41, 5.74) is 3.64. The summed E-state index contributed by atoms with van der Waals surface area (Å²) >= 11 is 0. The Morgan fingerprint density at radius 1 is 0.980 bits per heavy atom. The highest BCUT2D eigenvalue weighted by Gasteiger charge is 2.52. The number of morpholine rings is 1. The molecule has 3 atom stereocenters. The van der Waals surface area contributed by atoms with Gasteiger partial charge < -0.3 is 19.3 Å². The number of nitrogens with zero attached hydrogens (tertiary/aromatic N) is 5. The maximum atomic E-state index is 15.1. The van der Waals surface area contributed by atoms with Gasteiger partial charge in [-0.05, 0) is 98.0 Å². The number of ether oxygens (including phenoxy) is 2. The molecule has 0 unspecified atom stereocenters. The fourth-order valence-corrected chi connectivity index (χ4v) is 10.0. The highest BCUT2D eigenvalue weighted by atomic mass is 19.1. The molecule has 4 saturated heterocycles. The van der Waals surface area contributed by atoms with Crippen LogP contribution in [0.2, 0.25) is 0 Å². The zero-order valence-corrected chi connectivity index (χ0v) is 29.6. The normalized spacial score (nSPS) is 25.8. The third kappa shape index (κ3) is 7.57. The van der Waals surface area contributed by atoms with Gasteiger partial charge in [-0.3, -0.25) is 14.6 Å². The molecule has 5 fully saturated rings. The minimum atomic E-state index is -0.751. The number of piperidine rings is 1. The number of esters is 1. The molecule has 0 aromatic heterocycles. The molecule has 4 aliphatic heterocycles. The number of nitriles is 1. The summed E-state index contributed by atoms with van der Waals surface area (Å²) in [6.45, 7) is 10.6. The number of likely N-dealkylation sites (tertiary alicyclic amines) is 2. The smallest absolute Gasteiger partial charge is 0.305 e. The van der Waals surface area contributed by atoms with E-state index in [1.54, 1.807) is 12.1 Å². The summed E-state index contributed by atoms with van der Waals surface area (Å²) in [5, 5.41) is 9.64. The first-order valence-corrected chi connectivity index (χ1v) is 18.8. The van der Waals surface area contributed by atoms with Gasteiger partial charge in [0, 0.05) is 82.3 Å². The van der Waals surface area contributed by atoms with Crippen LogP contribution in [0.5, 0.6) is 0 Å². The first kappa shape index (κ1) is 35.3. The molecule has 5 aliphatic rings. The van der Waals surface area contributed by atoms with Crippen LogP contribution < -0.4 is 4.90 Å². The Bertz CT molecular complexity index is 1510. The van der Waals surface area contributed by atoms with Crippen molar-refractivity contribution >= 4 is 11.7 Å². The van der Waals surface area contributed by atoms with Gasteiger partial charge in [0.1, 0.15) is 12.0 Å². The maximum Gasteiger partial charge on any atom is 0.305 e. The number of carbonyl (C=O) groups is 1. The van der Waals surface area contributed by atoms with Gasteiger partial charge in [-0.1, -0.05) is 18.6 Å². The predicted molar refractivity (Wildman–Crippen MR) is 189 cm³/mol. The third-order valence-electron chi connectivity index (χ3n) is 12.6. The van der Waals surface area contributed by atoms with Gasteiger partial charge in [-0.15, -0.1) is 0 Å². The predicted octanol–water partition coefficient (Wildman–Crippen LogP) is 5.25. The third-order valence-corrected chi connectivity index (χ3v) is 12.6. The van der Waals surface area contributed by atoms with E-state index in [9.17, 15) is 14.4 Å². The number of carbonyl (C=O) groups excluding carboxylic acids is 1. The number of hydrogen-bond acceptors (Lipinski definition) is 8. The molecule has 10 heteroatoms. The van der Waals surface area contributed by atoms with Gasteiger partial charge in [0.15, 0.2) is 0 Å². The average molecular weight is 690 g/mol. The molecule has 0 N–H and O–H groups in total. The Morgan fingerprint density at radius 2 is 1.76 bits per heavy atom. The summed E-state index contributed by atoms with van der Waals surface area (Å²) in [6, 6.07) is 15.8. The molecule has 2 aromatic carbocycles. The zero-order valence-electron chi connectivity index (χ0n) is 29.6. The summed E-state index contributed by atoms with van der Waals surface area (Å²) in [4.78, 5) is 22.3. The van der Waals surface area contributed by atoms with Crippen LogP contribution in [0, 0.1) is 40.8 Å². The molecule has 50 heavy (non-hydrogen) atoms. The standard InChI is InChI=1S/C40H53F2N5O3/c1-49-39(48)19-30-4-2-7-38(30)40(28-45-14-16-50-17-15-45,34-5-3-6-35(41)20-34)33-10-12-44(13-11-33)22-29-23-47(24-29)37-9-8-31(21-43)32(18-37)25-46-26-36(42)27-46/h3,5-6,8-9,18,20,29-30,33,36,38H,2,4,7,10-17,19,22-28H2,1H3/t30-,38+,40+/m1/s1. The van der Waals surface area contributed by atoms with Gasteiger partial charge in [0.2, 0.25) is 0 Å². The first-order chi connectivity index (χ1) is 24.3. The van der Waals surface area contributed by atoms with E-state index in [0.717, 1.165) is 101 Å². The van der Waals surface area contributed by atoms with Crippen molar-refractivity contribution < 1.29 is 23.0 Å². The zero-order chi connectivity index (χ0) is 34.7. The Balaban J connectivity index is 1.04. The van der Waals surface area contributed by atoms with Crippen molar-refractivity contribution in [1.82, 2.24) is 14.7 Å². The van der Waals surface area contributed by atoms with Gasteiger partial charge in [-0.25, -0.2) is 8.78 Å². The molecule has 4 heterocycles. The van der Waals surface area contributed by atoms with E-state index in [1.165, 1.54) is 7.11 Å². The van der Waals surface area contributed by atoms with Crippen molar-refractivity contribution in [1.29, 1.82) is 5.26 Å². The number of benzene rings is 2. The van der Waals surface area contributed by atoms with E-state index in [0.29, 0.717) is 56.7 Å². The van der Waals surface area contributed by atoms with Crippen LogP contribution in [-0.2, 0) is 26.2 Å². The minimum absolute atomic E-state index is 0.144. The Hall–Kier alpha value is -3.10. The Kier molecular flexibility index (Phi) is 11.1. The highest BCUT2D eigenvalue weighted by molar-refractivity contribution is 5.69. The number of halogens is 2. The molecule has 0 bridgehead atoms. The van der Waals surface area contributed by atoms with Crippen LogP contribution in [0.3, 0.4) is 0 Å². The lowest BCUT2D eigenvalue weighted by molar-refractivity contribution is -0.142. The molecule has 2 aromatic rings. The largest absolute Gasteiger partial charge is 0.469 e. The molecule has 0 spiro atoms. The van der Waals surface area contributed by atoms with Gasteiger partial charge in [0.05, 0.1) is 32.0 Å². The van der Waals surface area contributed by atoms with E-state index in [-0.39, 0.29) is 29.0 Å². The number of alkyl halides is 1. The average Bonchev–Trinajstić information content (AvgIpc) is 3.57. The maximum absolute atomic E-state index is 15.1. The summed E-state index contributed by atoms with van der Waals surface area (Å²) in [5.74, 6) is 1.12. The SMILES string of the molecule is COC(=O)C[C@H]1CCC[C@@H]1[C@](CN1CCOCC1)(c1cccc(F)c1)C1CCN(CC2CN(c3ccc(C#N)c(CN4CC(F)C4)c3)C2)CC1. The number of methoxy groups -OCH3 is 1. The van der Waals surface area contributed by atoms with Crippen LogP contribution >= 0.6 is 0 Å². The monoisotopic (exact) mass is 689 g/mol. The molecule has 270 valence electrons. The molecule has 1 aliphatic carbocycles. The van der Waals surface area contributed by atoms with Gasteiger partial charge >= 0.3 is 5.97 Å². The fourth-order valence-electron chi connectivity index (χ4n) is 10.0. The lowest BCUT2D eigenvalue weighted by atomic mass is 9.56. The molecular formula is C40H53F2N5O3. The Morgan fingerprint density at radius 3 is 2.46 bits per heavy atom. The number of anilines is 1. The highest BCUT2D eigenvalue weighted by Crippen LogP contribution is 2.54. The van der Waals surface area contributed by atoms with E-state index >= 15 is 4.39 Å². The topological polar surface area (TPSA) is 72.3 Å². The van der Waals surface area contributed by atoms with Crippen molar-refractivity contribution in [2.45, 2.75) is 56.7 Å². The van der Waals surface area contributed by atoms with Crippen molar-refractivity contribution in [3.05, 3.63) is 65.0 Å². The lowest BCUT2D eigenvalue weighted by Crippen LogP contribution is -2.57. The molecule has 8 nitrogen and oxygen atoms in total. The van der Waals surface area contributed by atoms with Crippen LogP contribution in [-0.4, -0.2) is 113 Å². The summed E-state index contributed by atoms with van der Waals surface area (Å²) in [6.07, 6.45) is 4.91. The number of hydrogen-bond donors (Lipinski definition) is 0. The van der Waals surface area contributed by atoms with E-state index in [2.05, 4.69) is 43.9 Å². The second-order valence-corrected chi connectivity index (χ2v) is 15.6. The molecule has 1 saturated carbocycles. The van der Waals surface area contributed by atoms with Crippen LogP contribution in [0.15, 0.2) is 42.5 Å². The van der Waals surface area contributed by atoms with E-state index < -0.39 is 6.17 Å². The van der Waals surface area contributed by atoms with Gasteiger partial charge in [0.25, 0.3) is 0 Å². The van der Waals surface area contributed by atoms with Crippen molar-refractivity contribution in [3.63, 3.8) is 0 Å². The summed E-state index contributed by atoms with van der Waals surface area (Å²) < 4.78 is 39.4. The van der Waals surface area contributed by atoms with E-state index in [4.69, 9.17) is 9.47 Å².